The second kappa shape index (κ2) is 5.24. The number of nitrogens with two attached hydrogens (primary N) is 1. The number of aryl methyl sites for hydroxylation is 1. The Kier molecular flexibility index (Phi) is 3.69. The van der Waals surface area contributed by atoms with E-state index in [4.69, 9.17) is 15.3 Å². The van der Waals surface area contributed by atoms with Crippen LogP contribution in [0.5, 0.6) is 11.5 Å². The van der Waals surface area contributed by atoms with E-state index in [0.717, 1.165) is 32.8 Å². The quantitative estimate of drug-likeness (QED) is 0.656. The smallest absolute Gasteiger partial charge is 0.129 e. The highest BCUT2D eigenvalue weighted by molar-refractivity contribution is 7.19. The maximum atomic E-state index is 5.43. The van der Waals surface area contributed by atoms with E-state index in [-0.39, 0.29) is 0 Å². The number of thiazole rings is 1. The van der Waals surface area contributed by atoms with Crippen LogP contribution in [0.2, 0.25) is 0 Å². The standard InChI is InChI=1S/C12H15N3O2S/c1-7-11(15-13)18-12(14-7)9-6-8(16-2)4-5-10(9)17-3/h4-6,15H,13H2,1-3H3. The molecular formula is C12H15N3O2S. The minimum Gasteiger partial charge on any atom is -0.497 e. The summed E-state index contributed by atoms with van der Waals surface area (Å²) in [6.45, 7) is 1.90. The molecule has 0 unspecified atom stereocenters. The van der Waals surface area contributed by atoms with Crippen LogP contribution in [-0.4, -0.2) is 19.2 Å². The van der Waals surface area contributed by atoms with Crippen LogP contribution in [0.4, 0.5) is 5.00 Å². The Hall–Kier alpha value is -1.79. The van der Waals surface area contributed by atoms with Crippen LogP contribution in [0.25, 0.3) is 10.6 Å². The van der Waals surface area contributed by atoms with Crippen molar-refractivity contribution >= 4 is 16.3 Å². The van der Waals surface area contributed by atoms with E-state index in [9.17, 15) is 0 Å². The van der Waals surface area contributed by atoms with Crippen molar-refractivity contribution in [2.75, 3.05) is 19.6 Å². The Morgan fingerprint density at radius 1 is 1.28 bits per heavy atom. The van der Waals surface area contributed by atoms with Gasteiger partial charge in [-0.1, -0.05) is 11.3 Å². The first-order valence-electron chi connectivity index (χ1n) is 5.36. The molecule has 2 aromatic rings. The molecule has 5 nitrogen and oxygen atoms in total. The van der Waals surface area contributed by atoms with Gasteiger partial charge in [0, 0.05) is 0 Å². The molecule has 0 fully saturated rings. The summed E-state index contributed by atoms with van der Waals surface area (Å²) in [5.74, 6) is 6.96. The average molecular weight is 265 g/mol. The van der Waals surface area contributed by atoms with Gasteiger partial charge in [-0.2, -0.15) is 0 Å². The van der Waals surface area contributed by atoms with E-state index in [1.807, 2.05) is 25.1 Å². The molecule has 0 saturated heterocycles. The van der Waals surface area contributed by atoms with E-state index in [2.05, 4.69) is 10.4 Å². The second-order valence-corrected chi connectivity index (χ2v) is 4.64. The van der Waals surface area contributed by atoms with Gasteiger partial charge in [0.05, 0.1) is 25.5 Å². The maximum absolute atomic E-state index is 5.43. The van der Waals surface area contributed by atoms with Crippen LogP contribution in [0, 0.1) is 6.92 Å². The molecule has 0 amide bonds. The summed E-state index contributed by atoms with van der Waals surface area (Å²) in [7, 11) is 3.26. The van der Waals surface area contributed by atoms with Crippen molar-refractivity contribution in [1.82, 2.24) is 4.98 Å². The van der Waals surface area contributed by atoms with Crippen molar-refractivity contribution in [3.63, 3.8) is 0 Å². The summed E-state index contributed by atoms with van der Waals surface area (Å²) in [5, 5.41) is 1.69. The molecule has 18 heavy (non-hydrogen) atoms. The summed E-state index contributed by atoms with van der Waals surface area (Å²) >= 11 is 1.48. The molecule has 3 N–H and O–H groups in total. The lowest BCUT2D eigenvalue weighted by Gasteiger charge is -2.07. The lowest BCUT2D eigenvalue weighted by molar-refractivity contribution is 0.404. The fraction of sp³-hybridized carbons (Fsp3) is 0.250. The molecule has 96 valence electrons. The molecule has 0 aliphatic rings. The molecule has 0 saturated carbocycles. The van der Waals surface area contributed by atoms with Crippen LogP contribution >= 0.6 is 11.3 Å². The minimum absolute atomic E-state index is 0.758. The Balaban J connectivity index is 2.53. The molecule has 0 spiro atoms. The van der Waals surface area contributed by atoms with Crippen molar-refractivity contribution in [3.05, 3.63) is 23.9 Å². The minimum atomic E-state index is 0.758. The lowest BCUT2D eigenvalue weighted by Crippen LogP contribution is -2.05. The highest BCUT2D eigenvalue weighted by atomic mass is 32.1. The number of nitrogen functional groups attached to an aromatic ring is 1. The van der Waals surface area contributed by atoms with Crippen LogP contribution in [0.1, 0.15) is 5.69 Å². The number of nitrogens with one attached hydrogen (secondary N) is 1. The number of nitrogens with zero attached hydrogens (tertiary/aromatic N) is 1. The number of aromatic nitrogens is 1. The van der Waals surface area contributed by atoms with Gasteiger partial charge >= 0.3 is 0 Å². The van der Waals surface area contributed by atoms with E-state index >= 15 is 0 Å². The first-order valence-corrected chi connectivity index (χ1v) is 6.17. The third-order valence-corrected chi connectivity index (χ3v) is 3.69. The fourth-order valence-corrected chi connectivity index (χ4v) is 2.52. The predicted octanol–water partition coefficient (Wildman–Crippen LogP) is 2.42. The van der Waals surface area contributed by atoms with Crippen molar-refractivity contribution in [3.8, 4) is 22.1 Å². The molecule has 0 aliphatic heterocycles. The Labute approximate surface area is 110 Å². The summed E-state index contributed by atoms with van der Waals surface area (Å²) in [6, 6.07) is 5.61. The number of hydrazine groups is 1. The van der Waals surface area contributed by atoms with Gasteiger partial charge in [0.2, 0.25) is 0 Å². The molecule has 0 bridgehead atoms. The zero-order valence-corrected chi connectivity index (χ0v) is 11.3. The Morgan fingerprint density at radius 2 is 2.06 bits per heavy atom. The largest absolute Gasteiger partial charge is 0.497 e. The van der Waals surface area contributed by atoms with Gasteiger partial charge in [0.1, 0.15) is 21.5 Å². The Bertz CT molecular complexity index is 554. The molecule has 1 heterocycles. The number of methoxy groups -OCH3 is 2. The monoisotopic (exact) mass is 265 g/mol. The van der Waals surface area contributed by atoms with Crippen LogP contribution in [0.3, 0.4) is 0 Å². The molecule has 6 heteroatoms. The normalized spacial score (nSPS) is 10.2. The number of hydrogen-bond donors (Lipinski definition) is 2. The SMILES string of the molecule is COc1ccc(OC)c(-c2nc(C)c(NN)s2)c1. The third-order valence-electron chi connectivity index (χ3n) is 2.56. The second-order valence-electron chi connectivity index (χ2n) is 3.64. The zero-order valence-electron chi connectivity index (χ0n) is 10.5. The van der Waals surface area contributed by atoms with Crippen molar-refractivity contribution in [2.45, 2.75) is 6.92 Å². The fourth-order valence-electron chi connectivity index (χ4n) is 1.63. The predicted molar refractivity (Wildman–Crippen MR) is 73.2 cm³/mol. The topological polar surface area (TPSA) is 69.4 Å². The Morgan fingerprint density at radius 3 is 2.61 bits per heavy atom. The van der Waals surface area contributed by atoms with Gasteiger partial charge in [-0.3, -0.25) is 0 Å². The summed E-state index contributed by atoms with van der Waals surface area (Å²) < 4.78 is 10.6. The molecular weight excluding hydrogens is 250 g/mol. The number of hydrogen-bond acceptors (Lipinski definition) is 6. The summed E-state index contributed by atoms with van der Waals surface area (Å²) in [5.41, 5.74) is 4.39. The van der Waals surface area contributed by atoms with E-state index in [1.54, 1.807) is 14.2 Å². The number of benzene rings is 1. The van der Waals surface area contributed by atoms with Gasteiger partial charge in [0.15, 0.2) is 0 Å². The number of anilines is 1. The van der Waals surface area contributed by atoms with Crippen LogP contribution < -0.4 is 20.7 Å². The molecule has 0 radical (unpaired) electrons. The van der Waals surface area contributed by atoms with Gasteiger partial charge in [-0.05, 0) is 25.1 Å². The van der Waals surface area contributed by atoms with Gasteiger partial charge in [-0.25, -0.2) is 10.8 Å². The third kappa shape index (κ3) is 2.25. The summed E-state index contributed by atoms with van der Waals surface area (Å²) in [6.07, 6.45) is 0. The zero-order chi connectivity index (χ0) is 13.1. The molecule has 2 rings (SSSR count). The maximum Gasteiger partial charge on any atom is 0.129 e. The van der Waals surface area contributed by atoms with Crippen LogP contribution in [0.15, 0.2) is 18.2 Å². The van der Waals surface area contributed by atoms with E-state index in [0.29, 0.717) is 0 Å². The van der Waals surface area contributed by atoms with Crippen LogP contribution in [-0.2, 0) is 0 Å². The number of ether oxygens (including phenoxy) is 2. The van der Waals surface area contributed by atoms with Crippen molar-refractivity contribution in [1.29, 1.82) is 0 Å². The molecule has 0 aliphatic carbocycles. The molecule has 1 aromatic heterocycles. The summed E-state index contributed by atoms with van der Waals surface area (Å²) in [4.78, 5) is 4.48. The molecule has 0 atom stereocenters. The van der Waals surface area contributed by atoms with Gasteiger partial charge in [0.25, 0.3) is 0 Å². The van der Waals surface area contributed by atoms with Gasteiger partial charge < -0.3 is 14.9 Å². The average Bonchev–Trinajstić information content (AvgIpc) is 2.79. The lowest BCUT2D eigenvalue weighted by atomic mass is 10.2. The van der Waals surface area contributed by atoms with Crippen molar-refractivity contribution < 1.29 is 9.47 Å². The highest BCUT2D eigenvalue weighted by Gasteiger charge is 2.13. The molecule has 1 aromatic carbocycles. The van der Waals surface area contributed by atoms with E-state index in [1.165, 1.54) is 11.3 Å². The highest BCUT2D eigenvalue weighted by Crippen LogP contribution is 2.38. The first kappa shape index (κ1) is 12.7. The first-order chi connectivity index (χ1) is 8.69. The number of rotatable bonds is 4. The van der Waals surface area contributed by atoms with Gasteiger partial charge in [-0.15, -0.1) is 0 Å². The van der Waals surface area contributed by atoms with E-state index < -0.39 is 0 Å². The van der Waals surface area contributed by atoms with Crippen molar-refractivity contribution in [2.24, 2.45) is 5.84 Å².